The Bertz CT molecular complexity index is 931. The highest BCUT2D eigenvalue weighted by Crippen LogP contribution is 2.23. The minimum Gasteiger partial charge on any atom is -0.465 e. The van der Waals surface area contributed by atoms with Crippen LogP contribution in [0.3, 0.4) is 0 Å². The summed E-state index contributed by atoms with van der Waals surface area (Å²) >= 11 is 0. The van der Waals surface area contributed by atoms with Gasteiger partial charge in [0.2, 0.25) is 0 Å². The van der Waals surface area contributed by atoms with Crippen LogP contribution >= 0.6 is 0 Å². The number of furan rings is 1. The molecule has 1 aliphatic rings. The monoisotopic (exact) mass is 365 g/mol. The van der Waals surface area contributed by atoms with Crippen LogP contribution < -0.4 is 5.32 Å². The predicted molar refractivity (Wildman–Crippen MR) is 103 cm³/mol. The number of aromatic nitrogens is 1. The highest BCUT2D eigenvalue weighted by molar-refractivity contribution is 5.94. The van der Waals surface area contributed by atoms with Crippen molar-refractivity contribution in [2.75, 3.05) is 32.8 Å². The number of morpholine rings is 1. The fraction of sp³-hybridized carbons (Fsp3) is 0.333. The van der Waals surface area contributed by atoms with Crippen LogP contribution in [0.25, 0.3) is 10.9 Å². The Hall–Kier alpha value is -2.70. The Morgan fingerprint density at radius 1 is 1.15 bits per heavy atom. The number of ether oxygens (including phenoxy) is 1. The van der Waals surface area contributed by atoms with Crippen molar-refractivity contribution in [2.45, 2.75) is 13.0 Å². The maximum absolute atomic E-state index is 12.7. The van der Waals surface area contributed by atoms with Crippen molar-refractivity contribution in [3.63, 3.8) is 0 Å². The number of nitrogens with zero attached hydrogens (tertiary/aromatic N) is 2. The fourth-order valence-electron chi connectivity index (χ4n) is 3.40. The van der Waals surface area contributed by atoms with Crippen molar-refractivity contribution < 1.29 is 13.9 Å². The van der Waals surface area contributed by atoms with E-state index >= 15 is 0 Å². The third-order valence-electron chi connectivity index (χ3n) is 4.86. The lowest BCUT2D eigenvalue weighted by Gasteiger charge is -2.33. The van der Waals surface area contributed by atoms with Gasteiger partial charge < -0.3 is 14.5 Å². The molecular weight excluding hydrogens is 342 g/mol. The maximum Gasteiger partial charge on any atom is 0.269 e. The first-order chi connectivity index (χ1) is 13.2. The largest absolute Gasteiger partial charge is 0.465 e. The Labute approximate surface area is 158 Å². The SMILES string of the molecule is Cc1ccc(C(CNC(=O)c2ccc3ccccc3n2)N2CCOCC2)o1. The second kappa shape index (κ2) is 7.90. The summed E-state index contributed by atoms with van der Waals surface area (Å²) in [5, 5.41) is 4.04. The lowest BCUT2D eigenvalue weighted by Crippen LogP contribution is -2.43. The molecule has 6 nitrogen and oxygen atoms in total. The number of para-hydroxylation sites is 1. The molecule has 0 aliphatic carbocycles. The van der Waals surface area contributed by atoms with Crippen molar-refractivity contribution in [1.82, 2.24) is 15.2 Å². The zero-order valence-electron chi connectivity index (χ0n) is 15.4. The van der Waals surface area contributed by atoms with E-state index in [9.17, 15) is 4.79 Å². The molecule has 1 atom stereocenters. The van der Waals surface area contributed by atoms with Gasteiger partial charge in [0.25, 0.3) is 5.91 Å². The van der Waals surface area contributed by atoms with Gasteiger partial charge in [0.15, 0.2) is 0 Å². The average Bonchev–Trinajstić information content (AvgIpc) is 3.14. The molecule has 27 heavy (non-hydrogen) atoms. The first-order valence-corrected chi connectivity index (χ1v) is 9.23. The summed E-state index contributed by atoms with van der Waals surface area (Å²) in [5.74, 6) is 1.55. The summed E-state index contributed by atoms with van der Waals surface area (Å²) in [4.78, 5) is 19.4. The lowest BCUT2D eigenvalue weighted by atomic mass is 10.1. The fourth-order valence-corrected chi connectivity index (χ4v) is 3.40. The molecule has 3 aromatic rings. The number of aryl methyl sites for hydroxylation is 1. The van der Waals surface area contributed by atoms with Crippen LogP contribution in [0.2, 0.25) is 0 Å². The van der Waals surface area contributed by atoms with Crippen LogP contribution in [-0.2, 0) is 4.74 Å². The average molecular weight is 365 g/mol. The number of hydrogen-bond donors (Lipinski definition) is 1. The number of carbonyl (C=O) groups excluding carboxylic acids is 1. The number of fused-ring (bicyclic) bond motifs is 1. The molecule has 1 N–H and O–H groups in total. The van der Waals surface area contributed by atoms with Gasteiger partial charge in [0.05, 0.1) is 24.8 Å². The smallest absolute Gasteiger partial charge is 0.269 e. The molecule has 2 aromatic heterocycles. The molecule has 1 fully saturated rings. The molecule has 1 unspecified atom stereocenters. The zero-order valence-corrected chi connectivity index (χ0v) is 15.4. The molecule has 0 bridgehead atoms. The van der Waals surface area contributed by atoms with Gasteiger partial charge in [0, 0.05) is 25.0 Å². The van der Waals surface area contributed by atoms with Crippen LogP contribution in [-0.4, -0.2) is 48.6 Å². The van der Waals surface area contributed by atoms with Crippen molar-refractivity contribution in [2.24, 2.45) is 0 Å². The van der Waals surface area contributed by atoms with Gasteiger partial charge in [-0.1, -0.05) is 24.3 Å². The summed E-state index contributed by atoms with van der Waals surface area (Å²) in [6, 6.07) is 15.4. The molecular formula is C21H23N3O3. The van der Waals surface area contributed by atoms with Gasteiger partial charge in [-0.2, -0.15) is 0 Å². The first kappa shape index (κ1) is 17.7. The van der Waals surface area contributed by atoms with Crippen molar-refractivity contribution >= 4 is 16.8 Å². The Morgan fingerprint density at radius 2 is 1.96 bits per heavy atom. The highest BCUT2D eigenvalue weighted by Gasteiger charge is 2.26. The van der Waals surface area contributed by atoms with Gasteiger partial charge in [-0.05, 0) is 31.2 Å². The molecule has 0 radical (unpaired) electrons. The van der Waals surface area contributed by atoms with E-state index in [0.717, 1.165) is 35.5 Å². The lowest BCUT2D eigenvalue weighted by molar-refractivity contribution is 0.0117. The van der Waals surface area contributed by atoms with Gasteiger partial charge in [0.1, 0.15) is 17.2 Å². The highest BCUT2D eigenvalue weighted by atomic mass is 16.5. The van der Waals surface area contributed by atoms with Crippen molar-refractivity contribution in [3.05, 3.63) is 65.7 Å². The van der Waals surface area contributed by atoms with Crippen LogP contribution in [0.4, 0.5) is 0 Å². The van der Waals surface area contributed by atoms with E-state index in [1.165, 1.54) is 0 Å². The van der Waals surface area contributed by atoms with Crippen LogP contribution in [0.15, 0.2) is 52.9 Å². The number of rotatable bonds is 5. The zero-order chi connectivity index (χ0) is 18.6. The molecule has 0 spiro atoms. The second-order valence-corrected chi connectivity index (χ2v) is 6.71. The minimum atomic E-state index is -0.178. The maximum atomic E-state index is 12.7. The van der Waals surface area contributed by atoms with Gasteiger partial charge in [-0.25, -0.2) is 4.98 Å². The summed E-state index contributed by atoms with van der Waals surface area (Å²) < 4.78 is 11.3. The van der Waals surface area contributed by atoms with E-state index in [2.05, 4.69) is 15.2 Å². The molecule has 1 aromatic carbocycles. The standard InChI is InChI=1S/C21H23N3O3/c1-15-6-9-20(27-15)19(24-10-12-26-13-11-24)14-22-21(25)18-8-7-16-4-2-3-5-17(16)23-18/h2-9,19H,10-14H2,1H3,(H,22,25). The molecule has 6 heteroatoms. The normalized spacial score (nSPS) is 16.3. The Kier molecular flexibility index (Phi) is 5.18. The molecule has 4 rings (SSSR count). The molecule has 0 saturated carbocycles. The topological polar surface area (TPSA) is 67.6 Å². The summed E-state index contributed by atoms with van der Waals surface area (Å²) in [6.45, 7) is 5.40. The van der Waals surface area contributed by atoms with E-state index in [4.69, 9.17) is 9.15 Å². The number of carbonyl (C=O) groups is 1. The van der Waals surface area contributed by atoms with E-state index < -0.39 is 0 Å². The molecule has 1 saturated heterocycles. The first-order valence-electron chi connectivity index (χ1n) is 9.23. The van der Waals surface area contributed by atoms with Gasteiger partial charge >= 0.3 is 0 Å². The molecule has 1 aliphatic heterocycles. The number of amides is 1. The third kappa shape index (κ3) is 4.02. The summed E-state index contributed by atoms with van der Waals surface area (Å²) in [7, 11) is 0. The minimum absolute atomic E-state index is 0.0213. The molecule has 3 heterocycles. The van der Waals surface area contributed by atoms with E-state index in [1.807, 2.05) is 49.4 Å². The van der Waals surface area contributed by atoms with Gasteiger partial charge in [-0.3, -0.25) is 9.69 Å². The van der Waals surface area contributed by atoms with Gasteiger partial charge in [-0.15, -0.1) is 0 Å². The van der Waals surface area contributed by atoms with Crippen LogP contribution in [0, 0.1) is 6.92 Å². The molecule has 1 amide bonds. The van der Waals surface area contributed by atoms with Crippen molar-refractivity contribution in [3.8, 4) is 0 Å². The van der Waals surface area contributed by atoms with Crippen LogP contribution in [0.1, 0.15) is 28.1 Å². The Balaban J connectivity index is 1.49. The van der Waals surface area contributed by atoms with E-state index in [0.29, 0.717) is 25.5 Å². The molecule has 140 valence electrons. The predicted octanol–water partition coefficient (Wildman–Crippen LogP) is 2.94. The third-order valence-corrected chi connectivity index (χ3v) is 4.86. The van der Waals surface area contributed by atoms with E-state index in [1.54, 1.807) is 6.07 Å². The summed E-state index contributed by atoms with van der Waals surface area (Å²) in [5.41, 5.74) is 1.24. The van der Waals surface area contributed by atoms with Crippen LogP contribution in [0.5, 0.6) is 0 Å². The van der Waals surface area contributed by atoms with Crippen molar-refractivity contribution in [1.29, 1.82) is 0 Å². The summed E-state index contributed by atoms with van der Waals surface area (Å²) in [6.07, 6.45) is 0. The number of benzene rings is 1. The number of pyridine rings is 1. The number of hydrogen-bond acceptors (Lipinski definition) is 5. The quantitative estimate of drug-likeness (QED) is 0.753. The second-order valence-electron chi connectivity index (χ2n) is 6.71. The van der Waals surface area contributed by atoms with E-state index in [-0.39, 0.29) is 11.9 Å². The Morgan fingerprint density at radius 3 is 2.74 bits per heavy atom. The number of nitrogens with one attached hydrogen (secondary N) is 1.